The van der Waals surface area contributed by atoms with Crippen molar-refractivity contribution in [2.45, 2.75) is 6.10 Å². The Morgan fingerprint density at radius 1 is 0.500 bits per heavy atom. The van der Waals surface area contributed by atoms with E-state index in [4.69, 9.17) is 23.7 Å². The van der Waals surface area contributed by atoms with E-state index in [9.17, 15) is 9.59 Å². The molecule has 0 radical (unpaired) electrons. The second-order valence-corrected chi connectivity index (χ2v) is 10.4. The molecule has 0 aromatic heterocycles. The Kier molecular flexibility index (Phi) is 14.5. The molecule has 0 N–H and O–H groups in total. The van der Waals surface area contributed by atoms with Gasteiger partial charge in [-0.2, -0.15) is 0 Å². The second kappa shape index (κ2) is 20.0. The first-order valence-corrected chi connectivity index (χ1v) is 15.7. The highest BCUT2D eigenvalue weighted by Gasteiger charge is 2.16. The van der Waals surface area contributed by atoms with Gasteiger partial charge in [0.1, 0.15) is 36.2 Å². The number of esters is 2. The third-order valence-electron chi connectivity index (χ3n) is 6.87. The summed E-state index contributed by atoms with van der Waals surface area (Å²) in [6.07, 6.45) is 2.59. The average molecular weight is 671 g/mol. The van der Waals surface area contributed by atoms with Crippen LogP contribution in [0.5, 0.6) is 23.0 Å². The molecule has 5 rings (SSSR count). The van der Waals surface area contributed by atoms with Crippen molar-refractivity contribution in [3.63, 3.8) is 0 Å². The maximum Gasteiger partial charge on any atom is 0.334 e. The molecule has 0 amide bonds. The molecule has 1 unspecified atom stereocenters. The van der Waals surface area contributed by atoms with Gasteiger partial charge in [0, 0.05) is 18.2 Å². The first-order valence-electron chi connectivity index (χ1n) is 15.7. The number of ether oxygens (including phenoxy) is 6. The number of hydrogen-bond donors (Lipinski definition) is 0. The van der Waals surface area contributed by atoms with E-state index in [-0.39, 0.29) is 20.0 Å². The van der Waals surface area contributed by atoms with Gasteiger partial charge in [-0.3, -0.25) is 0 Å². The largest absolute Gasteiger partial charge is 0.490 e. The van der Waals surface area contributed by atoms with Gasteiger partial charge < -0.3 is 28.4 Å². The van der Waals surface area contributed by atoms with Gasteiger partial charge in [-0.15, -0.1) is 0 Å². The predicted octanol–water partition coefficient (Wildman–Crippen LogP) is 8.85. The summed E-state index contributed by atoms with van der Waals surface area (Å²) in [6.45, 7) is 10.0. The van der Waals surface area contributed by atoms with Crippen LogP contribution in [0.25, 0.3) is 22.3 Å². The SMILES string of the molecule is C=CC(=O)OC(COc1ccc(-c2ccccc2)cc1)COc1cccc(OCOc2ccc(-c3ccccc3)cc2)c1.C=COC(=O)C=C. The van der Waals surface area contributed by atoms with E-state index in [0.29, 0.717) is 23.0 Å². The fourth-order valence-corrected chi connectivity index (χ4v) is 4.40. The zero-order chi connectivity index (χ0) is 35.4. The molecular formula is C42H38O8. The van der Waals surface area contributed by atoms with Gasteiger partial charge in [-0.05, 0) is 58.7 Å². The minimum atomic E-state index is -0.661. The van der Waals surface area contributed by atoms with Gasteiger partial charge in [0.25, 0.3) is 0 Å². The summed E-state index contributed by atoms with van der Waals surface area (Å²) in [6, 6.07) is 43.0. The third kappa shape index (κ3) is 12.2. The number of hydrogen-bond acceptors (Lipinski definition) is 8. The Balaban J connectivity index is 0.000000727. The average Bonchev–Trinajstić information content (AvgIpc) is 3.17. The number of rotatable bonds is 16. The summed E-state index contributed by atoms with van der Waals surface area (Å²) >= 11 is 0. The molecule has 0 saturated heterocycles. The molecule has 0 aliphatic heterocycles. The highest BCUT2D eigenvalue weighted by Crippen LogP contribution is 2.24. The van der Waals surface area contributed by atoms with Crippen molar-refractivity contribution in [2.75, 3.05) is 20.0 Å². The lowest BCUT2D eigenvalue weighted by atomic mass is 10.1. The lowest BCUT2D eigenvalue weighted by molar-refractivity contribution is -0.146. The van der Waals surface area contributed by atoms with Crippen molar-refractivity contribution in [3.05, 3.63) is 172 Å². The molecule has 8 heteroatoms. The van der Waals surface area contributed by atoms with Gasteiger partial charge in [-0.25, -0.2) is 9.59 Å². The fourth-order valence-electron chi connectivity index (χ4n) is 4.40. The van der Waals surface area contributed by atoms with Gasteiger partial charge >= 0.3 is 11.9 Å². The molecule has 0 aliphatic rings. The van der Waals surface area contributed by atoms with E-state index in [2.05, 4.69) is 48.7 Å². The van der Waals surface area contributed by atoms with Crippen LogP contribution < -0.4 is 18.9 Å². The van der Waals surface area contributed by atoms with Crippen LogP contribution in [0.15, 0.2) is 172 Å². The van der Waals surface area contributed by atoms with Crippen LogP contribution >= 0.6 is 0 Å². The Labute approximate surface area is 292 Å². The van der Waals surface area contributed by atoms with E-state index >= 15 is 0 Å². The highest BCUT2D eigenvalue weighted by molar-refractivity contribution is 5.81. The molecule has 50 heavy (non-hydrogen) atoms. The Bertz CT molecular complexity index is 1800. The lowest BCUT2D eigenvalue weighted by Gasteiger charge is -2.19. The molecule has 0 fully saturated rings. The zero-order valence-electron chi connectivity index (χ0n) is 27.5. The molecule has 5 aromatic rings. The van der Waals surface area contributed by atoms with Crippen LogP contribution in [0.3, 0.4) is 0 Å². The van der Waals surface area contributed by atoms with Gasteiger partial charge in [0.2, 0.25) is 6.79 Å². The summed E-state index contributed by atoms with van der Waals surface area (Å²) < 4.78 is 33.0. The molecular weight excluding hydrogens is 632 g/mol. The Hall–Kier alpha value is -6.54. The van der Waals surface area contributed by atoms with E-state index in [1.165, 1.54) is 0 Å². The molecule has 0 bridgehead atoms. The summed E-state index contributed by atoms with van der Waals surface area (Å²) in [7, 11) is 0. The maximum atomic E-state index is 11.9. The van der Waals surface area contributed by atoms with Crippen molar-refractivity contribution < 1.29 is 38.0 Å². The highest BCUT2D eigenvalue weighted by atomic mass is 16.7. The van der Waals surface area contributed by atoms with E-state index < -0.39 is 18.0 Å². The monoisotopic (exact) mass is 670 g/mol. The van der Waals surface area contributed by atoms with Gasteiger partial charge in [0.15, 0.2) is 6.10 Å². The summed E-state index contributed by atoms with van der Waals surface area (Å²) in [4.78, 5) is 21.9. The Morgan fingerprint density at radius 3 is 1.42 bits per heavy atom. The van der Waals surface area contributed by atoms with Crippen LogP contribution in [0, 0.1) is 0 Å². The first-order chi connectivity index (χ1) is 24.5. The van der Waals surface area contributed by atoms with Crippen molar-refractivity contribution >= 4 is 11.9 Å². The van der Waals surface area contributed by atoms with Crippen LogP contribution in [0.4, 0.5) is 0 Å². The van der Waals surface area contributed by atoms with Crippen molar-refractivity contribution in [1.82, 2.24) is 0 Å². The molecule has 0 saturated carbocycles. The van der Waals surface area contributed by atoms with E-state index in [1.807, 2.05) is 97.1 Å². The van der Waals surface area contributed by atoms with Crippen molar-refractivity contribution in [2.24, 2.45) is 0 Å². The number of benzene rings is 5. The predicted molar refractivity (Wildman–Crippen MR) is 194 cm³/mol. The van der Waals surface area contributed by atoms with Gasteiger partial charge in [0.05, 0.1) is 6.26 Å². The summed E-state index contributed by atoms with van der Waals surface area (Å²) in [5.74, 6) is 1.46. The lowest BCUT2D eigenvalue weighted by Crippen LogP contribution is -2.30. The van der Waals surface area contributed by atoms with E-state index in [1.54, 1.807) is 12.1 Å². The smallest absolute Gasteiger partial charge is 0.334 e. The molecule has 0 heterocycles. The molecule has 1 atom stereocenters. The maximum absolute atomic E-state index is 11.9. The zero-order valence-corrected chi connectivity index (χ0v) is 27.5. The number of carbonyl (C=O) groups is 2. The van der Waals surface area contributed by atoms with Crippen LogP contribution in [-0.4, -0.2) is 38.0 Å². The fraction of sp³-hybridized carbons (Fsp3) is 0.0952. The van der Waals surface area contributed by atoms with E-state index in [0.717, 1.165) is 40.7 Å². The molecule has 8 nitrogen and oxygen atoms in total. The molecule has 5 aromatic carbocycles. The standard InChI is InChI=1S/C37H32O6.C5H6O2/c1-2-37(38)43-36(25-39-32-20-16-30(17-21-32)28-10-5-3-6-11-28)26-40-34-14-9-15-35(24-34)42-27-41-33-22-18-31(19-23-33)29-12-7-4-8-13-29;1-3-5(6)7-4-2/h2-24,36H,1,25-27H2;3-4H,1-2H2. The normalized spacial score (nSPS) is 10.6. The van der Waals surface area contributed by atoms with Crippen LogP contribution in [0.2, 0.25) is 0 Å². The summed E-state index contributed by atoms with van der Waals surface area (Å²) in [5.41, 5.74) is 4.46. The topological polar surface area (TPSA) is 89.5 Å². The first kappa shape index (κ1) is 36.3. The minimum Gasteiger partial charge on any atom is -0.490 e. The van der Waals surface area contributed by atoms with Crippen LogP contribution in [0.1, 0.15) is 0 Å². The van der Waals surface area contributed by atoms with Crippen molar-refractivity contribution in [1.29, 1.82) is 0 Å². The quantitative estimate of drug-likeness (QED) is 0.0445. The molecule has 254 valence electrons. The second-order valence-electron chi connectivity index (χ2n) is 10.4. The summed E-state index contributed by atoms with van der Waals surface area (Å²) in [5, 5.41) is 0. The minimum absolute atomic E-state index is 0.0324. The molecule has 0 aliphatic carbocycles. The van der Waals surface area contributed by atoms with Crippen LogP contribution in [-0.2, 0) is 19.1 Å². The van der Waals surface area contributed by atoms with Crippen molar-refractivity contribution in [3.8, 4) is 45.3 Å². The van der Waals surface area contributed by atoms with Gasteiger partial charge in [-0.1, -0.05) is 111 Å². The molecule has 0 spiro atoms. The number of carbonyl (C=O) groups excluding carboxylic acids is 2. The Morgan fingerprint density at radius 2 is 0.940 bits per heavy atom. The third-order valence-corrected chi connectivity index (χ3v) is 6.87.